The van der Waals surface area contributed by atoms with E-state index < -0.39 is 18.3 Å². The number of carbonyl (C=O) groups is 1. The van der Waals surface area contributed by atoms with Gasteiger partial charge in [0.05, 0.1) is 6.04 Å². The highest BCUT2D eigenvalue weighted by Crippen LogP contribution is 2.24. The molecule has 1 unspecified atom stereocenters. The number of benzene rings is 1. The summed E-state index contributed by atoms with van der Waals surface area (Å²) in [5, 5.41) is 0. The fourth-order valence-electron chi connectivity index (χ4n) is 1.38. The number of nitrogens with zero attached hydrogens (tertiary/aromatic N) is 1. The Morgan fingerprint density at radius 3 is 2.76 bits per heavy atom. The summed E-state index contributed by atoms with van der Waals surface area (Å²) >= 11 is 0. The molecule has 0 amide bonds. The van der Waals surface area contributed by atoms with E-state index in [1.54, 1.807) is 0 Å². The highest BCUT2D eigenvalue weighted by atomic mass is 19.3. The molecular formula is C11H10F2N2O2. The Morgan fingerprint density at radius 2 is 2.18 bits per heavy atom. The van der Waals surface area contributed by atoms with E-state index in [4.69, 9.17) is 10.2 Å². The van der Waals surface area contributed by atoms with Crippen molar-refractivity contribution in [3.63, 3.8) is 0 Å². The number of carbonyl (C=O) groups excluding carboxylic acids is 1. The van der Waals surface area contributed by atoms with Gasteiger partial charge in [0.2, 0.25) is 5.78 Å². The topological polar surface area (TPSA) is 69.1 Å². The summed E-state index contributed by atoms with van der Waals surface area (Å²) in [5.41, 5.74) is 5.76. The molecule has 2 rings (SSSR count). The maximum atomic E-state index is 12.4. The van der Waals surface area contributed by atoms with Crippen LogP contribution in [0.5, 0.6) is 0 Å². The van der Waals surface area contributed by atoms with E-state index in [-0.39, 0.29) is 17.0 Å². The molecule has 2 N–H and O–H groups in total. The molecule has 0 saturated carbocycles. The summed E-state index contributed by atoms with van der Waals surface area (Å²) in [6, 6.07) is 3.05. The molecule has 1 aromatic carbocycles. The van der Waals surface area contributed by atoms with E-state index in [0.29, 0.717) is 5.58 Å². The second kappa shape index (κ2) is 4.21. The molecule has 90 valence electrons. The van der Waals surface area contributed by atoms with E-state index in [1.165, 1.54) is 25.1 Å². The number of aromatic nitrogens is 1. The minimum absolute atomic E-state index is 0.151. The third kappa shape index (κ3) is 2.16. The molecule has 0 spiro atoms. The quantitative estimate of drug-likeness (QED) is 0.835. The fourth-order valence-corrected chi connectivity index (χ4v) is 1.38. The molecule has 0 aliphatic heterocycles. The molecule has 0 aliphatic rings. The van der Waals surface area contributed by atoms with Gasteiger partial charge in [-0.15, -0.1) is 0 Å². The standard InChI is InChI=1S/C11H10F2N2O2/c1-5(14)9(16)11-15-7-4-6(10(12)13)2-3-8(7)17-11/h2-5,10H,14H2,1H3. The predicted octanol–water partition coefficient (Wildman–Crippen LogP) is 2.30. The molecule has 0 saturated heterocycles. The van der Waals surface area contributed by atoms with E-state index in [1.807, 2.05) is 0 Å². The molecule has 0 radical (unpaired) electrons. The Hall–Kier alpha value is -1.82. The maximum Gasteiger partial charge on any atom is 0.265 e. The number of Topliss-reactive ketones (excluding diaryl/α,β-unsaturated/α-hetero) is 1. The first-order valence-corrected chi connectivity index (χ1v) is 4.97. The Balaban J connectivity index is 2.47. The van der Waals surface area contributed by atoms with Crippen molar-refractivity contribution in [3.8, 4) is 0 Å². The number of oxazole rings is 1. The van der Waals surface area contributed by atoms with E-state index in [2.05, 4.69) is 4.98 Å². The third-order valence-corrected chi connectivity index (χ3v) is 2.29. The van der Waals surface area contributed by atoms with Gasteiger partial charge in [-0.05, 0) is 25.1 Å². The number of hydrogen-bond acceptors (Lipinski definition) is 4. The number of halogens is 2. The summed E-state index contributed by atoms with van der Waals surface area (Å²) in [6.07, 6.45) is -2.58. The third-order valence-electron chi connectivity index (χ3n) is 2.29. The lowest BCUT2D eigenvalue weighted by molar-refractivity contribution is 0.0936. The van der Waals surface area contributed by atoms with Crippen LogP contribution in [0.2, 0.25) is 0 Å². The first-order chi connectivity index (χ1) is 7.99. The summed E-state index contributed by atoms with van der Waals surface area (Å²) in [6.45, 7) is 1.50. The van der Waals surface area contributed by atoms with Crippen LogP contribution >= 0.6 is 0 Å². The zero-order chi connectivity index (χ0) is 12.6. The molecule has 0 fully saturated rings. The molecule has 4 nitrogen and oxygen atoms in total. The highest BCUT2D eigenvalue weighted by Gasteiger charge is 2.18. The van der Waals surface area contributed by atoms with E-state index in [9.17, 15) is 13.6 Å². The van der Waals surface area contributed by atoms with Crippen LogP contribution in [0.1, 0.15) is 29.6 Å². The van der Waals surface area contributed by atoms with Crippen molar-refractivity contribution in [2.45, 2.75) is 19.4 Å². The van der Waals surface area contributed by atoms with E-state index in [0.717, 1.165) is 0 Å². The van der Waals surface area contributed by atoms with Gasteiger partial charge in [-0.2, -0.15) is 0 Å². The maximum absolute atomic E-state index is 12.4. The van der Waals surface area contributed by atoms with Crippen LogP contribution in [0.3, 0.4) is 0 Å². The molecule has 2 aromatic rings. The van der Waals surface area contributed by atoms with Crippen LogP contribution < -0.4 is 5.73 Å². The van der Waals surface area contributed by atoms with Crippen molar-refractivity contribution < 1.29 is 18.0 Å². The van der Waals surface area contributed by atoms with Crippen LogP contribution in [0.4, 0.5) is 8.78 Å². The molecule has 1 atom stereocenters. The zero-order valence-corrected chi connectivity index (χ0v) is 8.98. The minimum Gasteiger partial charge on any atom is -0.434 e. The fraction of sp³-hybridized carbons (Fsp3) is 0.273. The van der Waals surface area contributed by atoms with Crippen molar-refractivity contribution >= 4 is 16.9 Å². The van der Waals surface area contributed by atoms with Crippen LogP contribution in [0.15, 0.2) is 22.6 Å². The van der Waals surface area contributed by atoms with Gasteiger partial charge in [0, 0.05) is 5.56 Å². The monoisotopic (exact) mass is 240 g/mol. The van der Waals surface area contributed by atoms with Gasteiger partial charge in [-0.1, -0.05) is 0 Å². The lowest BCUT2D eigenvalue weighted by Crippen LogP contribution is -2.26. The van der Waals surface area contributed by atoms with Crippen LogP contribution in [-0.2, 0) is 0 Å². The molecule has 6 heteroatoms. The Labute approximate surface area is 95.4 Å². The molecule has 17 heavy (non-hydrogen) atoms. The number of nitrogens with two attached hydrogens (primary N) is 1. The molecule has 1 aromatic heterocycles. The van der Waals surface area contributed by atoms with Crippen molar-refractivity contribution in [3.05, 3.63) is 29.7 Å². The largest absolute Gasteiger partial charge is 0.434 e. The first kappa shape index (κ1) is 11.7. The van der Waals surface area contributed by atoms with Crippen LogP contribution in [-0.4, -0.2) is 16.8 Å². The number of alkyl halides is 2. The second-order valence-corrected chi connectivity index (χ2v) is 3.70. The average Bonchev–Trinajstić information content (AvgIpc) is 2.69. The molecule has 0 bridgehead atoms. The molecule has 0 aliphatic carbocycles. The summed E-state index contributed by atoms with van der Waals surface area (Å²) < 4.78 is 30.0. The molecular weight excluding hydrogens is 230 g/mol. The SMILES string of the molecule is CC(N)C(=O)c1nc2cc(C(F)F)ccc2o1. The lowest BCUT2D eigenvalue weighted by Gasteiger charge is -1.96. The van der Waals surface area contributed by atoms with Gasteiger partial charge in [-0.25, -0.2) is 13.8 Å². The second-order valence-electron chi connectivity index (χ2n) is 3.70. The van der Waals surface area contributed by atoms with Crippen molar-refractivity contribution in [1.82, 2.24) is 4.98 Å². The molecule has 1 heterocycles. The highest BCUT2D eigenvalue weighted by molar-refractivity contribution is 5.97. The predicted molar refractivity (Wildman–Crippen MR) is 56.9 cm³/mol. The summed E-state index contributed by atoms with van der Waals surface area (Å²) in [5.74, 6) is -0.610. The first-order valence-electron chi connectivity index (χ1n) is 4.97. The van der Waals surface area contributed by atoms with Crippen molar-refractivity contribution in [2.75, 3.05) is 0 Å². The average molecular weight is 240 g/mol. The van der Waals surface area contributed by atoms with Gasteiger partial charge in [0.15, 0.2) is 5.58 Å². The normalized spacial score (nSPS) is 13.2. The summed E-state index contributed by atoms with van der Waals surface area (Å²) in [4.78, 5) is 15.4. The Morgan fingerprint density at radius 1 is 1.47 bits per heavy atom. The van der Waals surface area contributed by atoms with Gasteiger partial charge in [0.1, 0.15) is 5.52 Å². The van der Waals surface area contributed by atoms with Crippen molar-refractivity contribution in [1.29, 1.82) is 0 Å². The zero-order valence-electron chi connectivity index (χ0n) is 8.98. The van der Waals surface area contributed by atoms with Gasteiger partial charge >= 0.3 is 0 Å². The van der Waals surface area contributed by atoms with Gasteiger partial charge in [-0.3, -0.25) is 4.79 Å². The minimum atomic E-state index is -2.58. The number of fused-ring (bicyclic) bond motifs is 1. The Bertz CT molecular complexity index is 564. The van der Waals surface area contributed by atoms with Crippen LogP contribution in [0, 0.1) is 0 Å². The van der Waals surface area contributed by atoms with E-state index >= 15 is 0 Å². The van der Waals surface area contributed by atoms with Gasteiger partial charge < -0.3 is 10.2 Å². The number of ketones is 1. The lowest BCUT2D eigenvalue weighted by atomic mass is 10.2. The van der Waals surface area contributed by atoms with Crippen LogP contribution in [0.25, 0.3) is 11.1 Å². The van der Waals surface area contributed by atoms with Gasteiger partial charge in [0.25, 0.3) is 12.3 Å². The van der Waals surface area contributed by atoms with Crippen molar-refractivity contribution in [2.24, 2.45) is 5.73 Å². The Kier molecular flexibility index (Phi) is 2.89. The number of hydrogen-bond donors (Lipinski definition) is 1. The summed E-state index contributed by atoms with van der Waals surface area (Å²) in [7, 11) is 0. The number of rotatable bonds is 3. The smallest absolute Gasteiger partial charge is 0.265 e.